The summed E-state index contributed by atoms with van der Waals surface area (Å²) in [6, 6.07) is 0. The second-order valence-corrected chi connectivity index (χ2v) is 1.88. The maximum atomic E-state index is 8.84. The average Bonchev–Trinajstić information content (AvgIpc) is 1.61. The Morgan fingerprint density at radius 1 is 1.57 bits per heavy atom. The SMILES string of the molecule is OCC1(O)COC1. The summed E-state index contributed by atoms with van der Waals surface area (Å²) >= 11 is 0. The molecule has 0 unspecified atom stereocenters. The van der Waals surface area contributed by atoms with E-state index in [-0.39, 0.29) is 19.8 Å². The second-order valence-electron chi connectivity index (χ2n) is 1.88. The Labute approximate surface area is 41.5 Å². The summed E-state index contributed by atoms with van der Waals surface area (Å²) in [4.78, 5) is 0. The van der Waals surface area contributed by atoms with Gasteiger partial charge in [-0.05, 0) is 0 Å². The van der Waals surface area contributed by atoms with Crippen LogP contribution in [-0.2, 0) is 4.74 Å². The van der Waals surface area contributed by atoms with Gasteiger partial charge in [-0.25, -0.2) is 0 Å². The van der Waals surface area contributed by atoms with E-state index in [0.29, 0.717) is 0 Å². The van der Waals surface area contributed by atoms with Crippen molar-refractivity contribution in [1.29, 1.82) is 0 Å². The van der Waals surface area contributed by atoms with Gasteiger partial charge >= 0.3 is 0 Å². The van der Waals surface area contributed by atoms with Crippen LogP contribution in [0, 0.1) is 0 Å². The van der Waals surface area contributed by atoms with Gasteiger partial charge in [0.1, 0.15) is 5.60 Å². The molecule has 0 bridgehead atoms. The number of hydrogen-bond acceptors (Lipinski definition) is 3. The van der Waals surface area contributed by atoms with Gasteiger partial charge in [0.25, 0.3) is 0 Å². The van der Waals surface area contributed by atoms with Gasteiger partial charge in [-0.15, -0.1) is 0 Å². The fraction of sp³-hybridized carbons (Fsp3) is 1.00. The van der Waals surface area contributed by atoms with E-state index in [2.05, 4.69) is 4.74 Å². The minimum absolute atomic E-state index is 0.188. The molecule has 0 aliphatic carbocycles. The fourth-order valence-corrected chi connectivity index (χ4v) is 0.429. The van der Waals surface area contributed by atoms with Crippen molar-refractivity contribution in [2.24, 2.45) is 0 Å². The molecule has 7 heavy (non-hydrogen) atoms. The van der Waals surface area contributed by atoms with Crippen molar-refractivity contribution < 1.29 is 14.9 Å². The molecular formula is C4H8O3. The zero-order valence-electron chi connectivity index (χ0n) is 3.92. The van der Waals surface area contributed by atoms with Gasteiger partial charge in [0, 0.05) is 0 Å². The van der Waals surface area contributed by atoms with E-state index in [1.54, 1.807) is 0 Å². The third-order valence-corrected chi connectivity index (χ3v) is 1.04. The summed E-state index contributed by atoms with van der Waals surface area (Å²) in [6.07, 6.45) is 0. The van der Waals surface area contributed by atoms with E-state index in [1.165, 1.54) is 0 Å². The lowest BCUT2D eigenvalue weighted by molar-refractivity contribution is -0.196. The van der Waals surface area contributed by atoms with Crippen LogP contribution in [0.5, 0.6) is 0 Å². The smallest absolute Gasteiger partial charge is 0.134 e. The fourth-order valence-electron chi connectivity index (χ4n) is 0.429. The zero-order chi connectivity index (χ0) is 5.33. The number of ether oxygens (including phenoxy) is 1. The van der Waals surface area contributed by atoms with Crippen LogP contribution in [0.15, 0.2) is 0 Å². The summed E-state index contributed by atoms with van der Waals surface area (Å²) in [5, 5.41) is 17.2. The quantitative estimate of drug-likeness (QED) is 0.436. The number of aliphatic hydroxyl groups excluding tert-OH is 1. The van der Waals surface area contributed by atoms with Crippen LogP contribution in [-0.4, -0.2) is 35.6 Å². The van der Waals surface area contributed by atoms with Gasteiger partial charge in [-0.2, -0.15) is 0 Å². The van der Waals surface area contributed by atoms with Gasteiger partial charge in [-0.3, -0.25) is 0 Å². The molecule has 1 aliphatic rings. The standard InChI is InChI=1S/C4H8O3/c5-1-4(6)2-7-3-4/h5-6H,1-3H2. The lowest BCUT2D eigenvalue weighted by atomic mass is 10.1. The minimum atomic E-state index is -0.903. The Morgan fingerprint density at radius 2 is 2.14 bits per heavy atom. The Bertz CT molecular complexity index is 61.8. The van der Waals surface area contributed by atoms with Crippen LogP contribution in [0.4, 0.5) is 0 Å². The molecule has 1 rings (SSSR count). The van der Waals surface area contributed by atoms with Crippen molar-refractivity contribution in [3.05, 3.63) is 0 Å². The molecule has 0 aromatic rings. The molecule has 1 fully saturated rings. The van der Waals surface area contributed by atoms with Crippen LogP contribution in [0.2, 0.25) is 0 Å². The van der Waals surface area contributed by atoms with Crippen molar-refractivity contribution in [1.82, 2.24) is 0 Å². The Balaban J connectivity index is 2.29. The molecule has 0 spiro atoms. The minimum Gasteiger partial charge on any atom is -0.393 e. The molecule has 1 aliphatic heterocycles. The highest BCUT2D eigenvalue weighted by Gasteiger charge is 2.34. The largest absolute Gasteiger partial charge is 0.393 e. The van der Waals surface area contributed by atoms with Gasteiger partial charge in [0.05, 0.1) is 19.8 Å². The Morgan fingerprint density at radius 3 is 2.14 bits per heavy atom. The van der Waals surface area contributed by atoms with Crippen molar-refractivity contribution >= 4 is 0 Å². The summed E-state index contributed by atoms with van der Waals surface area (Å²) in [7, 11) is 0. The third-order valence-electron chi connectivity index (χ3n) is 1.04. The number of rotatable bonds is 1. The predicted octanol–water partition coefficient (Wildman–Crippen LogP) is -1.26. The van der Waals surface area contributed by atoms with Crippen LogP contribution in [0.25, 0.3) is 0 Å². The highest BCUT2D eigenvalue weighted by Crippen LogP contribution is 2.13. The number of aliphatic hydroxyl groups is 2. The molecule has 3 nitrogen and oxygen atoms in total. The molecule has 0 aromatic carbocycles. The first-order chi connectivity index (χ1) is 3.27. The highest BCUT2D eigenvalue weighted by atomic mass is 16.5. The van der Waals surface area contributed by atoms with Crippen molar-refractivity contribution in [2.45, 2.75) is 5.60 Å². The van der Waals surface area contributed by atoms with Crippen molar-refractivity contribution in [2.75, 3.05) is 19.8 Å². The molecule has 0 aromatic heterocycles. The topological polar surface area (TPSA) is 49.7 Å². The summed E-state index contributed by atoms with van der Waals surface area (Å²) in [5.41, 5.74) is -0.903. The van der Waals surface area contributed by atoms with Crippen molar-refractivity contribution in [3.8, 4) is 0 Å². The van der Waals surface area contributed by atoms with Gasteiger partial charge in [0.15, 0.2) is 0 Å². The summed E-state index contributed by atoms with van der Waals surface area (Å²) in [6.45, 7) is 0.375. The molecule has 1 saturated heterocycles. The number of hydrogen-bond donors (Lipinski definition) is 2. The van der Waals surface area contributed by atoms with Crippen molar-refractivity contribution in [3.63, 3.8) is 0 Å². The normalized spacial score (nSPS) is 26.6. The maximum absolute atomic E-state index is 8.84. The Kier molecular flexibility index (Phi) is 1.03. The van der Waals surface area contributed by atoms with Crippen LogP contribution in [0.1, 0.15) is 0 Å². The first kappa shape index (κ1) is 5.03. The van der Waals surface area contributed by atoms with E-state index in [0.717, 1.165) is 0 Å². The molecule has 42 valence electrons. The first-order valence-corrected chi connectivity index (χ1v) is 2.18. The molecule has 0 amide bonds. The molecule has 0 atom stereocenters. The third kappa shape index (κ3) is 0.748. The van der Waals surface area contributed by atoms with E-state index in [4.69, 9.17) is 10.2 Å². The van der Waals surface area contributed by atoms with Crippen LogP contribution in [0.3, 0.4) is 0 Å². The molecule has 0 saturated carbocycles. The molecule has 3 heteroatoms. The molecule has 1 heterocycles. The lowest BCUT2D eigenvalue weighted by Crippen LogP contribution is -2.52. The zero-order valence-corrected chi connectivity index (χ0v) is 3.92. The molecular weight excluding hydrogens is 96.0 g/mol. The van der Waals surface area contributed by atoms with Crippen LogP contribution < -0.4 is 0 Å². The summed E-state index contributed by atoms with van der Waals surface area (Å²) in [5.74, 6) is 0. The lowest BCUT2D eigenvalue weighted by Gasteiger charge is -2.34. The summed E-state index contributed by atoms with van der Waals surface area (Å²) < 4.78 is 4.62. The highest BCUT2D eigenvalue weighted by molar-refractivity contribution is 4.83. The Hall–Kier alpha value is -0.120. The van der Waals surface area contributed by atoms with Gasteiger partial charge in [0.2, 0.25) is 0 Å². The predicted molar refractivity (Wildman–Crippen MR) is 22.9 cm³/mol. The van der Waals surface area contributed by atoms with E-state index >= 15 is 0 Å². The van der Waals surface area contributed by atoms with E-state index in [1.807, 2.05) is 0 Å². The second kappa shape index (κ2) is 1.43. The van der Waals surface area contributed by atoms with E-state index < -0.39 is 5.60 Å². The monoisotopic (exact) mass is 104 g/mol. The van der Waals surface area contributed by atoms with Gasteiger partial charge in [-0.1, -0.05) is 0 Å². The van der Waals surface area contributed by atoms with Crippen LogP contribution >= 0.6 is 0 Å². The van der Waals surface area contributed by atoms with E-state index in [9.17, 15) is 0 Å². The maximum Gasteiger partial charge on any atom is 0.134 e. The first-order valence-electron chi connectivity index (χ1n) is 2.18. The average molecular weight is 104 g/mol. The molecule has 0 radical (unpaired) electrons. The molecule has 2 N–H and O–H groups in total. The van der Waals surface area contributed by atoms with Gasteiger partial charge < -0.3 is 14.9 Å².